The number of hydrogen-bond acceptors (Lipinski definition) is 2. The lowest BCUT2D eigenvalue weighted by Gasteiger charge is -2.20. The minimum Gasteiger partial charge on any atom is -0.497 e. The summed E-state index contributed by atoms with van der Waals surface area (Å²) in [6.07, 6.45) is 1.90. The third-order valence-electron chi connectivity index (χ3n) is 3.49. The summed E-state index contributed by atoms with van der Waals surface area (Å²) in [5.41, 5.74) is 2.31. The number of nitrogens with one attached hydrogen (secondary N) is 1. The Morgan fingerprint density at radius 3 is 2.57 bits per heavy atom. The smallest absolute Gasteiger partial charge is 0.123 e. The Hall–Kier alpha value is -1.87. The van der Waals surface area contributed by atoms with Crippen molar-refractivity contribution in [2.45, 2.75) is 25.8 Å². The van der Waals surface area contributed by atoms with E-state index in [2.05, 4.69) is 24.4 Å². The summed E-state index contributed by atoms with van der Waals surface area (Å²) in [5.74, 6) is 0.660. The number of benzene rings is 2. The zero-order chi connectivity index (χ0) is 15.1. The number of methoxy groups -OCH3 is 1. The van der Waals surface area contributed by atoms with Crippen LogP contribution in [0.3, 0.4) is 0 Å². The Morgan fingerprint density at radius 2 is 1.90 bits per heavy atom. The number of hydrogen-bond donors (Lipinski definition) is 1. The van der Waals surface area contributed by atoms with Gasteiger partial charge in [-0.2, -0.15) is 0 Å². The van der Waals surface area contributed by atoms with E-state index in [0.717, 1.165) is 30.7 Å². The molecule has 2 nitrogen and oxygen atoms in total. The normalized spacial score (nSPS) is 12.1. The van der Waals surface area contributed by atoms with Gasteiger partial charge in [0.25, 0.3) is 0 Å². The van der Waals surface area contributed by atoms with Crippen LogP contribution in [0.2, 0.25) is 0 Å². The van der Waals surface area contributed by atoms with Gasteiger partial charge in [-0.1, -0.05) is 31.2 Å². The van der Waals surface area contributed by atoms with Crippen molar-refractivity contribution in [3.05, 3.63) is 65.5 Å². The predicted octanol–water partition coefficient (Wildman–Crippen LogP) is 4.12. The van der Waals surface area contributed by atoms with Gasteiger partial charge < -0.3 is 10.1 Å². The third kappa shape index (κ3) is 4.57. The number of halogens is 1. The molecule has 0 spiro atoms. The maximum atomic E-state index is 13.0. The summed E-state index contributed by atoms with van der Waals surface area (Å²) in [6, 6.07) is 15.0. The summed E-state index contributed by atoms with van der Waals surface area (Å²) in [7, 11) is 1.67. The van der Waals surface area contributed by atoms with Crippen LogP contribution in [0.4, 0.5) is 4.39 Å². The first kappa shape index (κ1) is 15.5. The maximum absolute atomic E-state index is 13.0. The van der Waals surface area contributed by atoms with Crippen molar-refractivity contribution in [3.8, 4) is 5.75 Å². The summed E-state index contributed by atoms with van der Waals surface area (Å²) >= 11 is 0. The molecule has 0 aliphatic heterocycles. The molecule has 0 amide bonds. The first-order chi connectivity index (χ1) is 10.2. The molecule has 112 valence electrons. The van der Waals surface area contributed by atoms with E-state index in [1.807, 2.05) is 24.3 Å². The fourth-order valence-corrected chi connectivity index (χ4v) is 2.34. The van der Waals surface area contributed by atoms with Gasteiger partial charge in [0, 0.05) is 6.04 Å². The Balaban J connectivity index is 2.18. The van der Waals surface area contributed by atoms with Gasteiger partial charge in [0.2, 0.25) is 0 Å². The van der Waals surface area contributed by atoms with E-state index in [1.54, 1.807) is 7.11 Å². The van der Waals surface area contributed by atoms with E-state index in [-0.39, 0.29) is 11.9 Å². The number of ether oxygens (including phenoxy) is 1. The van der Waals surface area contributed by atoms with Crippen LogP contribution in [0.5, 0.6) is 5.75 Å². The lowest BCUT2D eigenvalue weighted by molar-refractivity contribution is 0.412. The van der Waals surface area contributed by atoms with E-state index in [9.17, 15) is 4.39 Å². The molecule has 0 saturated heterocycles. The summed E-state index contributed by atoms with van der Waals surface area (Å²) < 4.78 is 18.3. The molecule has 2 rings (SSSR count). The largest absolute Gasteiger partial charge is 0.497 e. The van der Waals surface area contributed by atoms with Gasteiger partial charge in [0.15, 0.2) is 0 Å². The average molecular weight is 287 g/mol. The molecule has 1 N–H and O–H groups in total. The van der Waals surface area contributed by atoms with Crippen molar-refractivity contribution in [1.82, 2.24) is 5.32 Å². The molecular formula is C18H22FNO. The first-order valence-electron chi connectivity index (χ1n) is 7.34. The van der Waals surface area contributed by atoms with E-state index < -0.39 is 0 Å². The SMILES string of the molecule is CCCNC(Cc1ccc(F)cc1)c1cccc(OC)c1. The fraction of sp³-hybridized carbons (Fsp3) is 0.333. The minimum absolute atomic E-state index is 0.196. The molecule has 0 saturated carbocycles. The van der Waals surface area contributed by atoms with Crippen LogP contribution in [0.1, 0.15) is 30.5 Å². The average Bonchev–Trinajstić information content (AvgIpc) is 2.53. The quantitative estimate of drug-likeness (QED) is 0.827. The van der Waals surface area contributed by atoms with Crippen LogP contribution in [0, 0.1) is 5.82 Å². The molecule has 0 aromatic heterocycles. The summed E-state index contributed by atoms with van der Waals surface area (Å²) in [4.78, 5) is 0. The molecule has 2 aromatic carbocycles. The van der Waals surface area contributed by atoms with Crippen molar-refractivity contribution in [2.24, 2.45) is 0 Å². The molecule has 0 bridgehead atoms. The molecule has 0 aliphatic rings. The summed E-state index contributed by atoms with van der Waals surface area (Å²) in [6.45, 7) is 3.09. The van der Waals surface area contributed by atoms with Crippen LogP contribution in [0.15, 0.2) is 48.5 Å². The second-order valence-corrected chi connectivity index (χ2v) is 5.11. The van der Waals surface area contributed by atoms with Crippen molar-refractivity contribution in [2.75, 3.05) is 13.7 Å². The van der Waals surface area contributed by atoms with E-state index in [0.29, 0.717) is 0 Å². The lowest BCUT2D eigenvalue weighted by atomic mass is 9.98. The van der Waals surface area contributed by atoms with Crippen LogP contribution in [-0.4, -0.2) is 13.7 Å². The second-order valence-electron chi connectivity index (χ2n) is 5.11. The van der Waals surface area contributed by atoms with Gasteiger partial charge in [-0.05, 0) is 54.8 Å². The monoisotopic (exact) mass is 287 g/mol. The van der Waals surface area contributed by atoms with E-state index in [4.69, 9.17) is 4.74 Å². The molecule has 1 atom stereocenters. The molecule has 2 aromatic rings. The highest BCUT2D eigenvalue weighted by Gasteiger charge is 2.12. The predicted molar refractivity (Wildman–Crippen MR) is 84.1 cm³/mol. The van der Waals surface area contributed by atoms with Crippen molar-refractivity contribution >= 4 is 0 Å². The highest BCUT2D eigenvalue weighted by molar-refractivity contribution is 5.32. The highest BCUT2D eigenvalue weighted by Crippen LogP contribution is 2.22. The molecule has 1 unspecified atom stereocenters. The minimum atomic E-state index is -0.196. The zero-order valence-electron chi connectivity index (χ0n) is 12.6. The van der Waals surface area contributed by atoms with E-state index in [1.165, 1.54) is 17.7 Å². The molecule has 21 heavy (non-hydrogen) atoms. The van der Waals surface area contributed by atoms with Gasteiger partial charge in [-0.3, -0.25) is 0 Å². The van der Waals surface area contributed by atoms with Crippen LogP contribution < -0.4 is 10.1 Å². The highest BCUT2D eigenvalue weighted by atomic mass is 19.1. The van der Waals surface area contributed by atoms with Gasteiger partial charge in [-0.25, -0.2) is 4.39 Å². The molecule has 3 heteroatoms. The standard InChI is InChI=1S/C18H22FNO/c1-3-11-20-18(12-14-7-9-16(19)10-8-14)15-5-4-6-17(13-15)21-2/h4-10,13,18,20H,3,11-12H2,1-2H3. The zero-order valence-corrected chi connectivity index (χ0v) is 12.6. The fourth-order valence-electron chi connectivity index (χ4n) is 2.34. The Kier molecular flexibility index (Phi) is 5.76. The summed E-state index contributed by atoms with van der Waals surface area (Å²) in [5, 5.41) is 3.55. The van der Waals surface area contributed by atoms with Gasteiger partial charge in [0.05, 0.1) is 7.11 Å². The Labute approximate surface area is 126 Å². The third-order valence-corrected chi connectivity index (χ3v) is 3.49. The topological polar surface area (TPSA) is 21.3 Å². The van der Waals surface area contributed by atoms with Crippen LogP contribution >= 0.6 is 0 Å². The maximum Gasteiger partial charge on any atom is 0.123 e. The lowest BCUT2D eigenvalue weighted by Crippen LogP contribution is -2.24. The Morgan fingerprint density at radius 1 is 1.14 bits per heavy atom. The Bertz CT molecular complexity index is 553. The van der Waals surface area contributed by atoms with Crippen molar-refractivity contribution in [1.29, 1.82) is 0 Å². The molecule has 0 fully saturated rings. The van der Waals surface area contributed by atoms with E-state index >= 15 is 0 Å². The van der Waals surface area contributed by atoms with Crippen LogP contribution in [0.25, 0.3) is 0 Å². The first-order valence-corrected chi connectivity index (χ1v) is 7.34. The van der Waals surface area contributed by atoms with Crippen molar-refractivity contribution < 1.29 is 9.13 Å². The molecule has 0 radical (unpaired) electrons. The molecular weight excluding hydrogens is 265 g/mol. The van der Waals surface area contributed by atoms with Crippen molar-refractivity contribution in [3.63, 3.8) is 0 Å². The van der Waals surface area contributed by atoms with Gasteiger partial charge in [0.1, 0.15) is 11.6 Å². The van der Waals surface area contributed by atoms with Gasteiger partial charge in [-0.15, -0.1) is 0 Å². The van der Waals surface area contributed by atoms with Gasteiger partial charge >= 0.3 is 0 Å². The van der Waals surface area contributed by atoms with Crippen LogP contribution in [-0.2, 0) is 6.42 Å². The number of rotatable bonds is 7. The molecule has 0 heterocycles. The second kappa shape index (κ2) is 7.79. The molecule has 0 aliphatic carbocycles.